The fraction of sp³-hybridized carbons (Fsp3) is 0.647. The van der Waals surface area contributed by atoms with Crippen molar-refractivity contribution >= 4 is 10.2 Å². The van der Waals surface area contributed by atoms with E-state index in [4.69, 9.17) is 4.74 Å². The Morgan fingerprint density at radius 3 is 2.24 bits per heavy atom. The number of morpholine rings is 1. The van der Waals surface area contributed by atoms with Gasteiger partial charge in [-0.1, -0.05) is 18.2 Å². The summed E-state index contributed by atoms with van der Waals surface area (Å²) < 4.78 is 48.2. The smallest absolute Gasteiger partial charge is 0.282 e. The van der Waals surface area contributed by atoms with Crippen molar-refractivity contribution in [3.05, 3.63) is 35.6 Å². The van der Waals surface area contributed by atoms with Crippen molar-refractivity contribution in [2.45, 2.75) is 32.6 Å². The van der Waals surface area contributed by atoms with Crippen LogP contribution >= 0.6 is 0 Å². The van der Waals surface area contributed by atoms with Crippen LogP contribution < -0.4 is 0 Å². The van der Waals surface area contributed by atoms with E-state index < -0.39 is 10.2 Å². The molecule has 2 aliphatic heterocycles. The second-order valence-corrected chi connectivity index (χ2v) is 8.78. The van der Waals surface area contributed by atoms with E-state index in [1.54, 1.807) is 12.1 Å². The fourth-order valence-electron chi connectivity index (χ4n) is 3.47. The quantitative estimate of drug-likeness (QED) is 0.801. The molecule has 0 saturated carbocycles. The SMILES string of the molecule is CC1CN(S(=O)(=O)N2CCN(Cc3ccccc3F)CC2)CC(C)O1. The van der Waals surface area contributed by atoms with Crippen molar-refractivity contribution in [1.29, 1.82) is 0 Å². The maximum atomic E-state index is 13.8. The molecule has 25 heavy (non-hydrogen) atoms. The predicted octanol–water partition coefficient (Wildman–Crippen LogP) is 1.30. The molecular weight excluding hydrogens is 345 g/mol. The lowest BCUT2D eigenvalue weighted by Crippen LogP contribution is -2.57. The fourth-order valence-corrected chi connectivity index (χ4v) is 5.22. The molecule has 0 aromatic heterocycles. The first kappa shape index (κ1) is 18.7. The molecule has 140 valence electrons. The summed E-state index contributed by atoms with van der Waals surface area (Å²) in [6, 6.07) is 6.72. The molecule has 2 saturated heterocycles. The Labute approximate surface area is 149 Å². The van der Waals surface area contributed by atoms with Crippen molar-refractivity contribution < 1.29 is 17.5 Å². The van der Waals surface area contributed by atoms with Gasteiger partial charge in [-0.25, -0.2) is 4.39 Å². The van der Waals surface area contributed by atoms with Gasteiger partial charge in [0.2, 0.25) is 0 Å². The number of hydrogen-bond acceptors (Lipinski definition) is 4. The van der Waals surface area contributed by atoms with Crippen LogP contribution in [0.15, 0.2) is 24.3 Å². The van der Waals surface area contributed by atoms with Gasteiger partial charge in [-0.05, 0) is 19.9 Å². The van der Waals surface area contributed by atoms with Crippen LogP contribution in [0, 0.1) is 5.82 Å². The third kappa shape index (κ3) is 4.38. The van der Waals surface area contributed by atoms with Gasteiger partial charge in [0.1, 0.15) is 5.82 Å². The highest BCUT2D eigenvalue weighted by Gasteiger charge is 2.36. The first-order valence-corrected chi connectivity index (χ1v) is 10.1. The molecule has 0 aliphatic carbocycles. The first-order valence-electron chi connectivity index (χ1n) is 8.72. The van der Waals surface area contributed by atoms with Crippen LogP contribution in [0.5, 0.6) is 0 Å². The molecule has 1 aromatic rings. The van der Waals surface area contributed by atoms with Crippen molar-refractivity contribution in [2.75, 3.05) is 39.3 Å². The lowest BCUT2D eigenvalue weighted by Gasteiger charge is -2.40. The maximum Gasteiger partial charge on any atom is 0.282 e. The van der Waals surface area contributed by atoms with Crippen LogP contribution in [-0.2, 0) is 21.5 Å². The van der Waals surface area contributed by atoms with Crippen molar-refractivity contribution in [1.82, 2.24) is 13.5 Å². The van der Waals surface area contributed by atoms with E-state index in [0.717, 1.165) is 0 Å². The molecule has 0 amide bonds. The number of nitrogens with zero attached hydrogens (tertiary/aromatic N) is 3. The zero-order valence-electron chi connectivity index (χ0n) is 14.8. The predicted molar refractivity (Wildman–Crippen MR) is 93.8 cm³/mol. The Bertz CT molecular complexity index is 682. The minimum Gasteiger partial charge on any atom is -0.373 e. The first-order chi connectivity index (χ1) is 11.9. The molecule has 1 aromatic carbocycles. The second-order valence-electron chi connectivity index (χ2n) is 6.85. The molecule has 3 rings (SSSR count). The topological polar surface area (TPSA) is 53.1 Å². The van der Waals surface area contributed by atoms with Crippen LogP contribution in [0.2, 0.25) is 0 Å². The van der Waals surface area contributed by atoms with E-state index in [-0.39, 0.29) is 18.0 Å². The molecule has 2 unspecified atom stereocenters. The Morgan fingerprint density at radius 2 is 1.64 bits per heavy atom. The molecule has 0 radical (unpaired) electrons. The van der Waals surface area contributed by atoms with Gasteiger partial charge in [-0.15, -0.1) is 0 Å². The van der Waals surface area contributed by atoms with Crippen molar-refractivity contribution in [2.24, 2.45) is 0 Å². The van der Waals surface area contributed by atoms with Gasteiger partial charge in [0.15, 0.2) is 0 Å². The monoisotopic (exact) mass is 371 g/mol. The highest BCUT2D eigenvalue weighted by atomic mass is 32.2. The summed E-state index contributed by atoms with van der Waals surface area (Å²) >= 11 is 0. The van der Waals surface area contributed by atoms with E-state index in [2.05, 4.69) is 4.90 Å². The molecule has 8 heteroatoms. The molecule has 2 aliphatic rings. The lowest BCUT2D eigenvalue weighted by molar-refractivity contribution is -0.0457. The summed E-state index contributed by atoms with van der Waals surface area (Å²) in [6.07, 6.45) is -0.193. The van der Waals surface area contributed by atoms with E-state index in [9.17, 15) is 12.8 Å². The zero-order chi connectivity index (χ0) is 18.0. The van der Waals surface area contributed by atoms with Gasteiger partial charge in [0.05, 0.1) is 12.2 Å². The number of hydrogen-bond donors (Lipinski definition) is 0. The van der Waals surface area contributed by atoms with Gasteiger partial charge in [-0.3, -0.25) is 4.90 Å². The largest absolute Gasteiger partial charge is 0.373 e. The summed E-state index contributed by atoms with van der Waals surface area (Å²) in [4.78, 5) is 2.09. The zero-order valence-corrected chi connectivity index (χ0v) is 15.6. The highest BCUT2D eigenvalue weighted by Crippen LogP contribution is 2.19. The Hall–Kier alpha value is -1.06. The molecule has 2 fully saturated rings. The van der Waals surface area contributed by atoms with Gasteiger partial charge in [0, 0.05) is 51.4 Å². The van der Waals surface area contributed by atoms with Crippen molar-refractivity contribution in [3.8, 4) is 0 Å². The molecule has 0 spiro atoms. The summed E-state index contributed by atoms with van der Waals surface area (Å²) in [5.74, 6) is -0.214. The van der Waals surface area contributed by atoms with E-state index >= 15 is 0 Å². The third-order valence-electron chi connectivity index (χ3n) is 4.72. The minimum atomic E-state index is -3.47. The number of piperazine rings is 1. The van der Waals surface area contributed by atoms with E-state index in [0.29, 0.717) is 51.4 Å². The lowest BCUT2D eigenvalue weighted by atomic mass is 10.2. The van der Waals surface area contributed by atoms with Gasteiger partial charge in [-0.2, -0.15) is 17.0 Å². The summed E-state index contributed by atoms with van der Waals surface area (Å²) in [5, 5.41) is 0. The standard InChI is InChI=1S/C17H26FN3O3S/c1-14-11-21(12-15(2)24-14)25(22,23)20-9-7-19(8-10-20)13-16-5-3-4-6-17(16)18/h3-6,14-15H,7-13H2,1-2H3. The summed E-state index contributed by atoms with van der Waals surface area (Å²) in [5.41, 5.74) is 0.648. The average molecular weight is 371 g/mol. The Morgan fingerprint density at radius 1 is 1.04 bits per heavy atom. The normalized spacial score (nSPS) is 27.5. The molecule has 6 nitrogen and oxygen atoms in total. The van der Waals surface area contributed by atoms with E-state index in [1.165, 1.54) is 14.7 Å². The average Bonchev–Trinajstić information content (AvgIpc) is 2.56. The van der Waals surface area contributed by atoms with E-state index in [1.807, 2.05) is 19.9 Å². The minimum absolute atomic E-state index is 0.0964. The van der Waals surface area contributed by atoms with Crippen LogP contribution in [0.25, 0.3) is 0 Å². The van der Waals surface area contributed by atoms with Gasteiger partial charge in [0.25, 0.3) is 10.2 Å². The van der Waals surface area contributed by atoms with Gasteiger partial charge < -0.3 is 4.74 Å². The molecular formula is C17H26FN3O3S. The van der Waals surface area contributed by atoms with Crippen LogP contribution in [0.1, 0.15) is 19.4 Å². The van der Waals surface area contributed by atoms with Crippen LogP contribution in [-0.4, -0.2) is 73.4 Å². The molecule has 0 N–H and O–H groups in total. The Kier molecular flexibility index (Phi) is 5.75. The third-order valence-corrected chi connectivity index (χ3v) is 6.69. The van der Waals surface area contributed by atoms with Crippen LogP contribution in [0.4, 0.5) is 4.39 Å². The van der Waals surface area contributed by atoms with Crippen LogP contribution in [0.3, 0.4) is 0 Å². The molecule has 2 heterocycles. The van der Waals surface area contributed by atoms with Gasteiger partial charge >= 0.3 is 0 Å². The number of halogens is 1. The number of rotatable bonds is 4. The maximum absolute atomic E-state index is 13.8. The number of ether oxygens (including phenoxy) is 1. The van der Waals surface area contributed by atoms with Crippen molar-refractivity contribution in [3.63, 3.8) is 0 Å². The summed E-state index contributed by atoms with van der Waals surface area (Å²) in [7, 11) is -3.47. The summed E-state index contributed by atoms with van der Waals surface area (Å²) in [6.45, 7) is 7.13. The second kappa shape index (κ2) is 7.67. The molecule has 0 bridgehead atoms. The highest BCUT2D eigenvalue weighted by molar-refractivity contribution is 7.86. The Balaban J connectivity index is 1.59. The number of benzene rings is 1. The molecule has 2 atom stereocenters.